The lowest BCUT2D eigenvalue weighted by Gasteiger charge is -2.33. The molecule has 0 radical (unpaired) electrons. The minimum Gasteiger partial charge on any atom is -0.316 e. The average Bonchev–Trinajstić information content (AvgIpc) is 2.96. The summed E-state index contributed by atoms with van der Waals surface area (Å²) in [5.74, 6) is 1.51. The maximum Gasteiger partial charge on any atom is 0.123 e. The molecule has 0 spiro atoms. The molecule has 2 saturated heterocycles. The normalized spacial score (nSPS) is 25.1. The Morgan fingerprint density at radius 3 is 2.45 bits per heavy atom. The summed E-state index contributed by atoms with van der Waals surface area (Å²) in [4.78, 5) is 2.64. The first-order valence-electron chi connectivity index (χ1n) is 7.97. The van der Waals surface area contributed by atoms with Crippen LogP contribution >= 0.6 is 0 Å². The van der Waals surface area contributed by atoms with Gasteiger partial charge >= 0.3 is 0 Å². The van der Waals surface area contributed by atoms with Crippen molar-refractivity contribution in [2.24, 2.45) is 11.8 Å². The molecule has 20 heavy (non-hydrogen) atoms. The molecule has 1 N–H and O–H groups in total. The quantitative estimate of drug-likeness (QED) is 0.909. The Bertz CT molecular complexity index is 404. The zero-order valence-corrected chi connectivity index (χ0v) is 12.2. The van der Waals surface area contributed by atoms with E-state index in [2.05, 4.69) is 10.2 Å². The predicted octanol–water partition coefficient (Wildman–Crippen LogP) is 2.69. The van der Waals surface area contributed by atoms with E-state index in [1.807, 2.05) is 12.1 Å². The molecule has 0 saturated carbocycles. The third-order valence-corrected chi connectivity index (χ3v) is 4.82. The van der Waals surface area contributed by atoms with E-state index in [0.717, 1.165) is 18.3 Å². The third-order valence-electron chi connectivity index (χ3n) is 4.82. The van der Waals surface area contributed by atoms with Gasteiger partial charge in [-0.1, -0.05) is 12.1 Å². The van der Waals surface area contributed by atoms with Crippen molar-refractivity contribution < 1.29 is 4.39 Å². The highest BCUT2D eigenvalue weighted by atomic mass is 19.1. The molecule has 1 aromatic carbocycles. The molecule has 2 aliphatic rings. The molecule has 2 nitrogen and oxygen atoms in total. The smallest absolute Gasteiger partial charge is 0.123 e. The van der Waals surface area contributed by atoms with Gasteiger partial charge in [0.05, 0.1) is 0 Å². The number of nitrogens with one attached hydrogen (secondary N) is 1. The van der Waals surface area contributed by atoms with Crippen molar-refractivity contribution in [3.8, 4) is 0 Å². The maximum absolute atomic E-state index is 12.9. The van der Waals surface area contributed by atoms with Gasteiger partial charge in [0.2, 0.25) is 0 Å². The summed E-state index contributed by atoms with van der Waals surface area (Å²) < 4.78 is 12.9. The number of piperidine rings is 1. The molecule has 3 heteroatoms. The van der Waals surface area contributed by atoms with Crippen LogP contribution in [0, 0.1) is 17.7 Å². The number of hydrogen-bond donors (Lipinski definition) is 1. The molecule has 0 amide bonds. The number of halogens is 1. The first kappa shape index (κ1) is 14.0. The van der Waals surface area contributed by atoms with E-state index in [4.69, 9.17) is 0 Å². The van der Waals surface area contributed by atoms with Crippen molar-refractivity contribution in [1.82, 2.24) is 10.2 Å². The van der Waals surface area contributed by atoms with E-state index in [1.54, 1.807) is 12.1 Å². The molecule has 3 rings (SSSR count). The fourth-order valence-electron chi connectivity index (χ4n) is 3.56. The van der Waals surface area contributed by atoms with Gasteiger partial charge in [0.25, 0.3) is 0 Å². The van der Waals surface area contributed by atoms with Crippen molar-refractivity contribution in [2.45, 2.75) is 25.7 Å². The summed E-state index contributed by atoms with van der Waals surface area (Å²) in [5.41, 5.74) is 1.28. The van der Waals surface area contributed by atoms with Gasteiger partial charge in [0.15, 0.2) is 0 Å². The number of nitrogens with zero attached hydrogens (tertiary/aromatic N) is 1. The van der Waals surface area contributed by atoms with Crippen LogP contribution in [0.1, 0.15) is 24.8 Å². The molecule has 1 aromatic rings. The van der Waals surface area contributed by atoms with E-state index in [0.29, 0.717) is 0 Å². The molecular weight excluding hydrogens is 251 g/mol. The summed E-state index contributed by atoms with van der Waals surface area (Å²) in [6.45, 7) is 6.15. The molecule has 0 bridgehead atoms. The highest BCUT2D eigenvalue weighted by Gasteiger charge is 2.23. The van der Waals surface area contributed by atoms with Crippen LogP contribution in [-0.2, 0) is 6.42 Å². The van der Waals surface area contributed by atoms with Crippen molar-refractivity contribution in [2.75, 3.05) is 32.7 Å². The summed E-state index contributed by atoms with van der Waals surface area (Å²) in [5, 5.41) is 3.45. The lowest BCUT2D eigenvalue weighted by Crippen LogP contribution is -2.38. The van der Waals surface area contributed by atoms with Crippen LogP contribution in [0.3, 0.4) is 0 Å². The number of rotatable bonds is 4. The summed E-state index contributed by atoms with van der Waals surface area (Å²) in [6, 6.07) is 7.03. The van der Waals surface area contributed by atoms with Gasteiger partial charge in [-0.25, -0.2) is 4.39 Å². The predicted molar refractivity (Wildman–Crippen MR) is 80.2 cm³/mol. The van der Waals surface area contributed by atoms with Crippen LogP contribution in [0.15, 0.2) is 24.3 Å². The summed E-state index contributed by atoms with van der Waals surface area (Å²) in [6.07, 6.45) is 5.03. The lowest BCUT2D eigenvalue weighted by atomic mass is 9.90. The van der Waals surface area contributed by atoms with Gasteiger partial charge < -0.3 is 10.2 Å². The van der Waals surface area contributed by atoms with E-state index in [9.17, 15) is 4.39 Å². The van der Waals surface area contributed by atoms with Crippen LogP contribution in [0.5, 0.6) is 0 Å². The van der Waals surface area contributed by atoms with Gasteiger partial charge in [-0.2, -0.15) is 0 Å². The molecular formula is C17H25FN2. The summed E-state index contributed by atoms with van der Waals surface area (Å²) in [7, 11) is 0. The zero-order chi connectivity index (χ0) is 13.8. The molecule has 2 aliphatic heterocycles. The van der Waals surface area contributed by atoms with E-state index in [1.165, 1.54) is 57.5 Å². The van der Waals surface area contributed by atoms with Crippen LogP contribution in [0.25, 0.3) is 0 Å². The first-order chi connectivity index (χ1) is 9.79. The second kappa shape index (κ2) is 6.68. The maximum atomic E-state index is 12.9. The van der Waals surface area contributed by atoms with Crippen LogP contribution in [-0.4, -0.2) is 37.6 Å². The second-order valence-corrected chi connectivity index (χ2v) is 6.43. The Labute approximate surface area is 121 Å². The molecule has 2 fully saturated rings. The van der Waals surface area contributed by atoms with Gasteiger partial charge in [-0.05, 0) is 81.4 Å². The van der Waals surface area contributed by atoms with Crippen LogP contribution in [0.4, 0.5) is 4.39 Å². The SMILES string of the molecule is Fc1ccc(CC2CCN(C[C@H]3CCNC3)CC2)cc1. The Hall–Kier alpha value is -0.930. The van der Waals surface area contributed by atoms with Crippen LogP contribution in [0.2, 0.25) is 0 Å². The molecule has 110 valence electrons. The monoisotopic (exact) mass is 276 g/mol. The van der Waals surface area contributed by atoms with Crippen molar-refractivity contribution in [3.63, 3.8) is 0 Å². The number of hydrogen-bond acceptors (Lipinski definition) is 2. The fraction of sp³-hybridized carbons (Fsp3) is 0.647. The highest BCUT2D eigenvalue weighted by molar-refractivity contribution is 5.16. The number of likely N-dealkylation sites (tertiary alicyclic amines) is 1. The largest absolute Gasteiger partial charge is 0.316 e. The zero-order valence-electron chi connectivity index (χ0n) is 12.2. The Kier molecular flexibility index (Phi) is 4.69. The highest BCUT2D eigenvalue weighted by Crippen LogP contribution is 2.23. The molecule has 0 aliphatic carbocycles. The van der Waals surface area contributed by atoms with Gasteiger partial charge in [-0.15, -0.1) is 0 Å². The Morgan fingerprint density at radius 2 is 1.80 bits per heavy atom. The van der Waals surface area contributed by atoms with Gasteiger partial charge in [0.1, 0.15) is 5.82 Å². The van der Waals surface area contributed by atoms with E-state index >= 15 is 0 Å². The minimum atomic E-state index is -0.131. The topological polar surface area (TPSA) is 15.3 Å². The van der Waals surface area contributed by atoms with E-state index < -0.39 is 0 Å². The molecule has 1 atom stereocenters. The number of benzene rings is 1. The molecule has 0 unspecified atom stereocenters. The van der Waals surface area contributed by atoms with Crippen molar-refractivity contribution in [3.05, 3.63) is 35.6 Å². The second-order valence-electron chi connectivity index (χ2n) is 6.43. The first-order valence-corrected chi connectivity index (χ1v) is 7.97. The average molecular weight is 276 g/mol. The van der Waals surface area contributed by atoms with Crippen molar-refractivity contribution in [1.29, 1.82) is 0 Å². The molecule has 2 heterocycles. The van der Waals surface area contributed by atoms with Gasteiger partial charge in [-0.3, -0.25) is 0 Å². The minimum absolute atomic E-state index is 0.131. The molecule has 0 aromatic heterocycles. The van der Waals surface area contributed by atoms with Gasteiger partial charge in [0, 0.05) is 6.54 Å². The Balaban J connectivity index is 1.42. The van der Waals surface area contributed by atoms with Crippen LogP contribution < -0.4 is 5.32 Å². The third kappa shape index (κ3) is 3.80. The standard InChI is InChI=1S/C17H25FN2/c18-17-3-1-14(2-4-17)11-15-6-9-20(10-7-15)13-16-5-8-19-12-16/h1-4,15-16,19H,5-13H2/t16-/m0/s1. The fourth-order valence-corrected chi connectivity index (χ4v) is 3.56. The van der Waals surface area contributed by atoms with Crippen molar-refractivity contribution >= 4 is 0 Å². The summed E-state index contributed by atoms with van der Waals surface area (Å²) >= 11 is 0. The Morgan fingerprint density at radius 1 is 1.05 bits per heavy atom. The van der Waals surface area contributed by atoms with E-state index in [-0.39, 0.29) is 5.82 Å². The lowest BCUT2D eigenvalue weighted by molar-refractivity contribution is 0.164.